The maximum atomic E-state index is 11.4. The minimum atomic E-state index is -0.0530. The third kappa shape index (κ3) is 21.0. The van der Waals surface area contributed by atoms with Gasteiger partial charge in [0.05, 0.1) is 19.3 Å². The van der Waals surface area contributed by atoms with Gasteiger partial charge in [0.25, 0.3) is 0 Å². The van der Waals surface area contributed by atoms with Crippen LogP contribution in [0.5, 0.6) is 0 Å². The van der Waals surface area contributed by atoms with Crippen molar-refractivity contribution >= 4 is 11.8 Å². The fourth-order valence-corrected chi connectivity index (χ4v) is 2.21. The van der Waals surface area contributed by atoms with E-state index >= 15 is 0 Å². The molecule has 0 aliphatic heterocycles. The monoisotopic (exact) mass is 388 g/mol. The van der Waals surface area contributed by atoms with Gasteiger partial charge in [-0.15, -0.1) is 0 Å². The molecular weight excluding hydrogens is 348 g/mol. The first-order valence-corrected chi connectivity index (χ1v) is 10.4. The molecule has 0 aliphatic rings. The summed E-state index contributed by atoms with van der Waals surface area (Å²) in [5.74, 6) is 0.0622. The molecule has 2 amide bonds. The zero-order valence-corrected chi connectivity index (χ0v) is 17.5. The normalized spacial score (nSPS) is 11.0. The Morgan fingerprint density at radius 2 is 1.26 bits per heavy atom. The molecule has 0 rings (SSSR count). The highest BCUT2D eigenvalue weighted by Crippen LogP contribution is 1.97. The van der Waals surface area contributed by atoms with Crippen molar-refractivity contribution in [3.05, 3.63) is 0 Å². The molecule has 7 nitrogen and oxygen atoms in total. The third-order valence-electron chi connectivity index (χ3n) is 3.82. The standard InChI is InChI=1S/C20H40N2O5/c1-4-19(23)21-11-7-5-9-13-25-15-16-26-14-10-6-8-12-22-20(24)17-27-18(2)3/h18H,4-17H2,1-3H3,(H,21,23)(H,22,24). The van der Waals surface area contributed by atoms with Gasteiger partial charge in [0.2, 0.25) is 11.8 Å². The number of amides is 2. The number of rotatable bonds is 19. The summed E-state index contributed by atoms with van der Waals surface area (Å²) in [7, 11) is 0. The van der Waals surface area contributed by atoms with Crippen molar-refractivity contribution < 1.29 is 23.8 Å². The maximum absolute atomic E-state index is 11.4. The van der Waals surface area contributed by atoms with Gasteiger partial charge in [-0.1, -0.05) is 6.92 Å². The molecule has 160 valence electrons. The smallest absolute Gasteiger partial charge is 0.246 e. The lowest BCUT2D eigenvalue weighted by molar-refractivity contribution is -0.127. The van der Waals surface area contributed by atoms with Crippen LogP contribution in [0.3, 0.4) is 0 Å². The van der Waals surface area contributed by atoms with Crippen LogP contribution in [0.2, 0.25) is 0 Å². The summed E-state index contributed by atoms with van der Waals surface area (Å²) in [6, 6.07) is 0. The van der Waals surface area contributed by atoms with Crippen LogP contribution in [-0.4, -0.2) is 64.0 Å². The van der Waals surface area contributed by atoms with Crippen LogP contribution in [0, 0.1) is 0 Å². The van der Waals surface area contributed by atoms with Gasteiger partial charge in [0.15, 0.2) is 0 Å². The average molecular weight is 389 g/mol. The van der Waals surface area contributed by atoms with Gasteiger partial charge >= 0.3 is 0 Å². The van der Waals surface area contributed by atoms with Gasteiger partial charge in [-0.25, -0.2) is 0 Å². The summed E-state index contributed by atoms with van der Waals surface area (Å²) in [5.41, 5.74) is 0. The predicted molar refractivity (Wildman–Crippen MR) is 107 cm³/mol. The first-order valence-electron chi connectivity index (χ1n) is 10.4. The highest BCUT2D eigenvalue weighted by Gasteiger charge is 2.02. The van der Waals surface area contributed by atoms with Gasteiger partial charge < -0.3 is 24.8 Å². The second-order valence-corrected chi connectivity index (χ2v) is 6.76. The Bertz CT molecular complexity index is 364. The second-order valence-electron chi connectivity index (χ2n) is 6.76. The number of carbonyl (C=O) groups is 2. The minimum absolute atomic E-state index is 0.0530. The third-order valence-corrected chi connectivity index (χ3v) is 3.82. The van der Waals surface area contributed by atoms with Crippen molar-refractivity contribution in [2.75, 3.05) is 46.1 Å². The molecule has 0 fully saturated rings. The summed E-state index contributed by atoms with van der Waals surface area (Å²) in [6.07, 6.45) is 6.66. The second kappa shape index (κ2) is 19.6. The molecule has 27 heavy (non-hydrogen) atoms. The molecule has 0 aromatic heterocycles. The zero-order chi connectivity index (χ0) is 20.2. The van der Waals surface area contributed by atoms with Gasteiger partial charge in [0, 0.05) is 32.7 Å². The van der Waals surface area contributed by atoms with E-state index in [-0.39, 0.29) is 24.5 Å². The molecule has 0 unspecified atom stereocenters. The number of ether oxygens (including phenoxy) is 3. The largest absolute Gasteiger partial charge is 0.379 e. The molecule has 0 radical (unpaired) electrons. The molecular formula is C20H40N2O5. The number of carbonyl (C=O) groups excluding carboxylic acids is 2. The fourth-order valence-electron chi connectivity index (χ4n) is 2.21. The van der Waals surface area contributed by atoms with Crippen molar-refractivity contribution in [1.29, 1.82) is 0 Å². The number of hydrogen-bond donors (Lipinski definition) is 2. The molecule has 0 aromatic rings. The van der Waals surface area contributed by atoms with Gasteiger partial charge in [0.1, 0.15) is 6.61 Å². The van der Waals surface area contributed by atoms with Crippen molar-refractivity contribution in [3.63, 3.8) is 0 Å². The molecule has 0 aliphatic carbocycles. The van der Waals surface area contributed by atoms with Crippen molar-refractivity contribution in [1.82, 2.24) is 10.6 Å². The van der Waals surface area contributed by atoms with Crippen LogP contribution >= 0.6 is 0 Å². The minimum Gasteiger partial charge on any atom is -0.379 e. The molecule has 0 atom stereocenters. The van der Waals surface area contributed by atoms with Crippen molar-refractivity contribution in [2.24, 2.45) is 0 Å². The van der Waals surface area contributed by atoms with E-state index in [0.717, 1.165) is 58.3 Å². The van der Waals surface area contributed by atoms with Gasteiger partial charge in [-0.05, 0) is 52.4 Å². The molecule has 0 saturated carbocycles. The van der Waals surface area contributed by atoms with E-state index in [2.05, 4.69) is 10.6 Å². The first kappa shape index (κ1) is 25.8. The topological polar surface area (TPSA) is 85.9 Å². The molecule has 0 saturated heterocycles. The van der Waals surface area contributed by atoms with E-state index in [1.807, 2.05) is 20.8 Å². The van der Waals surface area contributed by atoms with Crippen LogP contribution in [-0.2, 0) is 23.8 Å². The van der Waals surface area contributed by atoms with Gasteiger partial charge in [-0.2, -0.15) is 0 Å². The highest BCUT2D eigenvalue weighted by molar-refractivity contribution is 5.77. The van der Waals surface area contributed by atoms with Crippen LogP contribution in [0.15, 0.2) is 0 Å². The van der Waals surface area contributed by atoms with Gasteiger partial charge in [-0.3, -0.25) is 9.59 Å². The molecule has 2 N–H and O–H groups in total. The summed E-state index contributed by atoms with van der Waals surface area (Å²) in [4.78, 5) is 22.5. The molecule has 0 heterocycles. The van der Waals surface area contributed by atoms with E-state index in [1.54, 1.807) is 0 Å². The number of unbranched alkanes of at least 4 members (excludes halogenated alkanes) is 4. The highest BCUT2D eigenvalue weighted by atomic mass is 16.5. The Morgan fingerprint density at radius 3 is 1.74 bits per heavy atom. The predicted octanol–water partition coefficient (Wildman–Crippen LogP) is 2.43. The van der Waals surface area contributed by atoms with E-state index in [9.17, 15) is 9.59 Å². The zero-order valence-electron chi connectivity index (χ0n) is 17.5. The summed E-state index contributed by atoms with van der Waals surface area (Å²) >= 11 is 0. The van der Waals surface area contributed by atoms with Crippen LogP contribution < -0.4 is 10.6 Å². The van der Waals surface area contributed by atoms with Crippen LogP contribution in [0.25, 0.3) is 0 Å². The Kier molecular flexibility index (Phi) is 18.7. The average Bonchev–Trinajstić information content (AvgIpc) is 2.65. The van der Waals surface area contributed by atoms with Crippen LogP contribution in [0.4, 0.5) is 0 Å². The van der Waals surface area contributed by atoms with E-state index < -0.39 is 0 Å². The summed E-state index contributed by atoms with van der Waals surface area (Å²) in [5, 5.41) is 5.71. The number of nitrogens with one attached hydrogen (secondary N) is 2. The molecule has 7 heteroatoms. The number of hydrogen-bond acceptors (Lipinski definition) is 5. The Balaban J connectivity index is 3.13. The Hall–Kier alpha value is -1.18. The van der Waals surface area contributed by atoms with E-state index in [0.29, 0.717) is 26.2 Å². The molecule has 0 aromatic carbocycles. The molecule has 0 spiro atoms. The van der Waals surface area contributed by atoms with E-state index in [1.165, 1.54) is 0 Å². The SMILES string of the molecule is CCC(=O)NCCCCCOCCOCCCCCNC(=O)COC(C)C. The lowest BCUT2D eigenvalue weighted by Crippen LogP contribution is -2.29. The Labute approximate surface area is 164 Å². The maximum Gasteiger partial charge on any atom is 0.246 e. The van der Waals surface area contributed by atoms with Crippen LogP contribution in [0.1, 0.15) is 65.7 Å². The van der Waals surface area contributed by atoms with E-state index in [4.69, 9.17) is 14.2 Å². The van der Waals surface area contributed by atoms with Crippen molar-refractivity contribution in [2.45, 2.75) is 71.8 Å². The lowest BCUT2D eigenvalue weighted by atomic mass is 10.2. The quantitative estimate of drug-likeness (QED) is 0.332. The first-order chi connectivity index (χ1) is 13.1. The molecule has 0 bridgehead atoms. The summed E-state index contributed by atoms with van der Waals surface area (Å²) in [6.45, 7) is 9.97. The Morgan fingerprint density at radius 1 is 0.741 bits per heavy atom. The lowest BCUT2D eigenvalue weighted by Gasteiger charge is -2.08. The summed E-state index contributed by atoms with van der Waals surface area (Å²) < 4.78 is 16.3. The fraction of sp³-hybridized carbons (Fsp3) is 0.900. The van der Waals surface area contributed by atoms with Crippen molar-refractivity contribution in [3.8, 4) is 0 Å².